The third kappa shape index (κ3) is 3.62. The molecule has 0 amide bonds. The summed E-state index contributed by atoms with van der Waals surface area (Å²) in [6, 6.07) is 20.4. The third-order valence-electron chi connectivity index (χ3n) is 2.88. The molecule has 0 fully saturated rings. The van der Waals surface area contributed by atoms with E-state index in [0.29, 0.717) is 0 Å². The lowest BCUT2D eigenvalue weighted by Gasteiger charge is -2.09. The molecule has 0 heterocycles. The monoisotopic (exact) mass is 250 g/mol. The van der Waals surface area contributed by atoms with Gasteiger partial charge in [-0.05, 0) is 19.4 Å². The van der Waals surface area contributed by atoms with Crippen LogP contribution in [0.25, 0.3) is 0 Å². The minimum absolute atomic E-state index is 0.0973. The van der Waals surface area contributed by atoms with E-state index < -0.39 is 0 Å². The van der Waals surface area contributed by atoms with Gasteiger partial charge in [-0.25, -0.2) is 4.99 Å². The zero-order chi connectivity index (χ0) is 13.5. The summed E-state index contributed by atoms with van der Waals surface area (Å²) in [6.45, 7) is 4.00. The Hall–Kier alpha value is -2.22. The molecule has 0 saturated heterocycles. The van der Waals surface area contributed by atoms with Crippen molar-refractivity contribution in [2.24, 2.45) is 9.98 Å². The molecule has 1 unspecified atom stereocenters. The highest BCUT2D eigenvalue weighted by molar-refractivity contribution is 6.02. The summed E-state index contributed by atoms with van der Waals surface area (Å²) in [5, 5.41) is 0. The van der Waals surface area contributed by atoms with Crippen LogP contribution in [-0.2, 0) is 0 Å². The first-order chi connectivity index (χ1) is 9.31. The highest BCUT2D eigenvalue weighted by Gasteiger charge is 2.06. The third-order valence-corrected chi connectivity index (χ3v) is 2.88. The Morgan fingerprint density at radius 3 is 2.11 bits per heavy atom. The fraction of sp³-hybridized carbons (Fsp3) is 0.176. The highest BCUT2D eigenvalue weighted by Crippen LogP contribution is 2.17. The van der Waals surface area contributed by atoms with Crippen molar-refractivity contribution in [3.05, 3.63) is 71.8 Å². The first-order valence-corrected chi connectivity index (χ1v) is 6.48. The fourth-order valence-corrected chi connectivity index (χ4v) is 1.88. The predicted octanol–water partition coefficient (Wildman–Crippen LogP) is 4.29. The summed E-state index contributed by atoms with van der Waals surface area (Å²) in [5.74, 6) is 0.777. The normalized spacial score (nSPS) is 13.7. The molecule has 2 nitrogen and oxygen atoms in total. The number of aliphatic imine (C=N–C) groups is 2. The molecule has 2 heteroatoms. The largest absolute Gasteiger partial charge is 0.258 e. The van der Waals surface area contributed by atoms with E-state index >= 15 is 0 Å². The SMILES string of the molecule is CC=NC(=NC(C)c1ccccc1)c1ccccc1. The van der Waals surface area contributed by atoms with Crippen LogP contribution in [0.1, 0.15) is 31.0 Å². The number of rotatable bonds is 3. The molecule has 0 bridgehead atoms. The fourth-order valence-electron chi connectivity index (χ4n) is 1.88. The lowest BCUT2D eigenvalue weighted by atomic mass is 10.1. The van der Waals surface area contributed by atoms with Crippen molar-refractivity contribution < 1.29 is 0 Å². The summed E-state index contributed by atoms with van der Waals surface area (Å²) in [7, 11) is 0. The van der Waals surface area contributed by atoms with Crippen molar-refractivity contribution in [2.45, 2.75) is 19.9 Å². The lowest BCUT2D eigenvalue weighted by Crippen LogP contribution is -2.01. The van der Waals surface area contributed by atoms with Gasteiger partial charge in [0.15, 0.2) is 5.84 Å². The molecular weight excluding hydrogens is 232 g/mol. The molecule has 0 aromatic heterocycles. The van der Waals surface area contributed by atoms with Crippen LogP contribution in [-0.4, -0.2) is 12.1 Å². The Morgan fingerprint density at radius 1 is 0.947 bits per heavy atom. The van der Waals surface area contributed by atoms with Gasteiger partial charge in [-0.15, -0.1) is 0 Å². The van der Waals surface area contributed by atoms with E-state index in [2.05, 4.69) is 24.0 Å². The van der Waals surface area contributed by atoms with Crippen LogP contribution in [0.2, 0.25) is 0 Å². The van der Waals surface area contributed by atoms with E-state index in [1.807, 2.05) is 55.5 Å². The number of benzene rings is 2. The first-order valence-electron chi connectivity index (χ1n) is 6.48. The Labute approximate surface area is 114 Å². The zero-order valence-corrected chi connectivity index (χ0v) is 11.3. The van der Waals surface area contributed by atoms with E-state index in [0.717, 1.165) is 11.4 Å². The van der Waals surface area contributed by atoms with Gasteiger partial charge >= 0.3 is 0 Å². The van der Waals surface area contributed by atoms with Crippen LogP contribution < -0.4 is 0 Å². The van der Waals surface area contributed by atoms with Gasteiger partial charge in [-0.3, -0.25) is 4.99 Å². The second-order valence-electron chi connectivity index (χ2n) is 4.29. The van der Waals surface area contributed by atoms with Crippen molar-refractivity contribution >= 4 is 12.1 Å². The average molecular weight is 250 g/mol. The molecule has 0 aliphatic heterocycles. The quantitative estimate of drug-likeness (QED) is 0.573. The Balaban J connectivity index is 2.32. The van der Waals surface area contributed by atoms with E-state index in [-0.39, 0.29) is 6.04 Å². The van der Waals surface area contributed by atoms with E-state index in [1.54, 1.807) is 6.21 Å². The molecular formula is C17H18N2. The summed E-state index contributed by atoms with van der Waals surface area (Å²) in [4.78, 5) is 9.11. The van der Waals surface area contributed by atoms with Gasteiger partial charge in [0.1, 0.15) is 0 Å². The second kappa shape index (κ2) is 6.64. The van der Waals surface area contributed by atoms with Crippen molar-refractivity contribution in [1.29, 1.82) is 0 Å². The summed E-state index contributed by atoms with van der Waals surface area (Å²) in [5.41, 5.74) is 2.24. The van der Waals surface area contributed by atoms with Gasteiger partial charge in [0.25, 0.3) is 0 Å². The molecule has 1 atom stereocenters. The molecule has 0 spiro atoms. The van der Waals surface area contributed by atoms with Crippen molar-refractivity contribution in [2.75, 3.05) is 0 Å². The molecule has 2 rings (SSSR count). The van der Waals surface area contributed by atoms with Crippen LogP contribution in [0.5, 0.6) is 0 Å². The Bertz CT molecular complexity index is 556. The maximum atomic E-state index is 4.73. The molecule has 0 aliphatic rings. The maximum absolute atomic E-state index is 4.73. The molecule has 0 saturated carbocycles. The van der Waals surface area contributed by atoms with E-state index in [4.69, 9.17) is 4.99 Å². The van der Waals surface area contributed by atoms with Crippen molar-refractivity contribution in [1.82, 2.24) is 0 Å². The molecule has 2 aromatic rings. The first kappa shape index (κ1) is 13.2. The standard InChI is InChI=1S/C17H18N2/c1-3-18-17(16-12-8-5-9-13-16)19-14(2)15-10-6-4-7-11-15/h3-14H,1-2H3. The highest BCUT2D eigenvalue weighted by atomic mass is 14.9. The number of amidine groups is 1. The Morgan fingerprint density at radius 2 is 1.53 bits per heavy atom. The molecule has 0 radical (unpaired) electrons. The average Bonchev–Trinajstić information content (AvgIpc) is 2.48. The van der Waals surface area contributed by atoms with Crippen LogP contribution in [0.15, 0.2) is 70.6 Å². The molecule has 19 heavy (non-hydrogen) atoms. The molecule has 0 N–H and O–H groups in total. The van der Waals surface area contributed by atoms with Gasteiger partial charge in [-0.2, -0.15) is 0 Å². The maximum Gasteiger partial charge on any atom is 0.154 e. The van der Waals surface area contributed by atoms with E-state index in [9.17, 15) is 0 Å². The summed E-state index contributed by atoms with van der Waals surface area (Å²) in [6.07, 6.45) is 1.78. The van der Waals surface area contributed by atoms with Gasteiger partial charge in [-0.1, -0.05) is 60.7 Å². The van der Waals surface area contributed by atoms with Gasteiger partial charge < -0.3 is 0 Å². The minimum atomic E-state index is 0.0973. The second-order valence-corrected chi connectivity index (χ2v) is 4.29. The van der Waals surface area contributed by atoms with Crippen LogP contribution in [0.3, 0.4) is 0 Å². The number of hydrogen-bond acceptors (Lipinski definition) is 1. The van der Waals surface area contributed by atoms with E-state index in [1.165, 1.54) is 5.56 Å². The molecule has 2 aromatic carbocycles. The topological polar surface area (TPSA) is 24.7 Å². The lowest BCUT2D eigenvalue weighted by molar-refractivity contribution is 0.818. The van der Waals surface area contributed by atoms with Gasteiger partial charge in [0.05, 0.1) is 6.04 Å². The zero-order valence-electron chi connectivity index (χ0n) is 11.3. The van der Waals surface area contributed by atoms with Gasteiger partial charge in [0, 0.05) is 11.8 Å². The van der Waals surface area contributed by atoms with Crippen molar-refractivity contribution in [3.63, 3.8) is 0 Å². The van der Waals surface area contributed by atoms with Crippen LogP contribution in [0, 0.1) is 0 Å². The van der Waals surface area contributed by atoms with Crippen LogP contribution >= 0.6 is 0 Å². The number of hydrogen-bond donors (Lipinski definition) is 0. The molecule has 0 aliphatic carbocycles. The predicted molar refractivity (Wildman–Crippen MR) is 82.0 cm³/mol. The summed E-state index contributed by atoms with van der Waals surface area (Å²) >= 11 is 0. The summed E-state index contributed by atoms with van der Waals surface area (Å²) < 4.78 is 0. The number of nitrogens with zero attached hydrogens (tertiary/aromatic N) is 2. The smallest absolute Gasteiger partial charge is 0.154 e. The van der Waals surface area contributed by atoms with Crippen molar-refractivity contribution in [3.8, 4) is 0 Å². The minimum Gasteiger partial charge on any atom is -0.258 e. The Kier molecular flexibility index (Phi) is 4.62. The van der Waals surface area contributed by atoms with Gasteiger partial charge in [0.2, 0.25) is 0 Å². The molecule has 96 valence electrons. The van der Waals surface area contributed by atoms with Crippen LogP contribution in [0.4, 0.5) is 0 Å².